The van der Waals surface area contributed by atoms with Gasteiger partial charge in [0.15, 0.2) is 0 Å². The molecule has 1 N–H and O–H groups in total. The molecule has 4 nitrogen and oxygen atoms in total. The van der Waals surface area contributed by atoms with Crippen LogP contribution in [-0.4, -0.2) is 36.2 Å². The third kappa shape index (κ3) is 5.36. The number of benzene rings is 1. The van der Waals surface area contributed by atoms with E-state index >= 15 is 0 Å². The summed E-state index contributed by atoms with van der Waals surface area (Å²) in [5.41, 5.74) is 1.13. The summed E-state index contributed by atoms with van der Waals surface area (Å²) in [6.07, 6.45) is 0.168. The van der Waals surface area contributed by atoms with Crippen molar-refractivity contribution >= 4 is 5.97 Å². The first-order valence-corrected chi connectivity index (χ1v) is 5.74. The van der Waals surface area contributed by atoms with Gasteiger partial charge in [0.1, 0.15) is 5.75 Å². The van der Waals surface area contributed by atoms with Crippen LogP contribution in [-0.2, 0) is 11.3 Å². The molecule has 0 fully saturated rings. The van der Waals surface area contributed by atoms with Crippen LogP contribution >= 0.6 is 0 Å². The van der Waals surface area contributed by atoms with Gasteiger partial charge in [-0.25, -0.2) is 0 Å². The molecule has 0 aliphatic rings. The highest BCUT2D eigenvalue weighted by Gasteiger charge is 2.04. The smallest absolute Gasteiger partial charge is 0.304 e. The minimum Gasteiger partial charge on any atom is -0.494 e. The molecule has 0 radical (unpaired) electrons. The van der Waals surface area contributed by atoms with Crippen molar-refractivity contribution in [2.24, 2.45) is 0 Å². The average molecular weight is 237 g/mol. The van der Waals surface area contributed by atoms with E-state index in [-0.39, 0.29) is 6.42 Å². The van der Waals surface area contributed by atoms with Gasteiger partial charge in [0.05, 0.1) is 13.0 Å². The van der Waals surface area contributed by atoms with Gasteiger partial charge < -0.3 is 14.7 Å². The predicted molar refractivity (Wildman–Crippen MR) is 66.2 cm³/mol. The number of ether oxygens (including phenoxy) is 1. The topological polar surface area (TPSA) is 49.8 Å². The van der Waals surface area contributed by atoms with Crippen LogP contribution in [0.2, 0.25) is 0 Å². The largest absolute Gasteiger partial charge is 0.494 e. The van der Waals surface area contributed by atoms with E-state index in [2.05, 4.69) is 0 Å². The first kappa shape index (κ1) is 13.5. The van der Waals surface area contributed by atoms with Crippen molar-refractivity contribution in [1.82, 2.24) is 4.90 Å². The minimum absolute atomic E-state index is 0.168. The van der Waals surface area contributed by atoms with Crippen molar-refractivity contribution in [3.63, 3.8) is 0 Å². The molecule has 0 saturated carbocycles. The third-order valence-corrected chi connectivity index (χ3v) is 2.37. The van der Waals surface area contributed by atoms with Gasteiger partial charge in [0, 0.05) is 13.1 Å². The zero-order valence-electron chi connectivity index (χ0n) is 10.3. The van der Waals surface area contributed by atoms with Crippen LogP contribution in [0.25, 0.3) is 0 Å². The van der Waals surface area contributed by atoms with Gasteiger partial charge in [-0.3, -0.25) is 4.79 Å². The summed E-state index contributed by atoms with van der Waals surface area (Å²) in [4.78, 5) is 12.4. The van der Waals surface area contributed by atoms with Crippen LogP contribution in [0, 0.1) is 0 Å². The highest BCUT2D eigenvalue weighted by molar-refractivity contribution is 5.66. The van der Waals surface area contributed by atoms with E-state index in [1.54, 1.807) is 0 Å². The first-order chi connectivity index (χ1) is 8.11. The molecule has 94 valence electrons. The molecule has 1 aromatic rings. The average Bonchev–Trinajstić information content (AvgIpc) is 2.27. The maximum atomic E-state index is 10.4. The second kappa shape index (κ2) is 6.91. The number of hydrogen-bond donors (Lipinski definition) is 1. The summed E-state index contributed by atoms with van der Waals surface area (Å²) < 4.78 is 5.41. The minimum atomic E-state index is -0.764. The zero-order valence-corrected chi connectivity index (χ0v) is 10.3. The van der Waals surface area contributed by atoms with Crippen LogP contribution in [0.15, 0.2) is 24.3 Å². The summed E-state index contributed by atoms with van der Waals surface area (Å²) in [5, 5.41) is 8.60. The Labute approximate surface area is 102 Å². The van der Waals surface area contributed by atoms with Gasteiger partial charge >= 0.3 is 5.97 Å². The normalized spacial score (nSPS) is 10.5. The van der Waals surface area contributed by atoms with Crippen molar-refractivity contribution in [2.45, 2.75) is 19.9 Å². The first-order valence-electron chi connectivity index (χ1n) is 5.74. The van der Waals surface area contributed by atoms with Crippen molar-refractivity contribution in [3.8, 4) is 5.75 Å². The SMILES string of the molecule is CCOc1cccc(CN(C)CCC(=O)O)c1. The molecule has 1 aromatic carbocycles. The standard InChI is InChI=1S/C13H19NO3/c1-3-17-12-6-4-5-11(9-12)10-14(2)8-7-13(15)16/h4-6,9H,3,7-8,10H2,1-2H3,(H,15,16). The molecular formula is C13H19NO3. The maximum absolute atomic E-state index is 10.4. The van der Waals surface area contributed by atoms with Crippen molar-refractivity contribution in [2.75, 3.05) is 20.2 Å². The van der Waals surface area contributed by atoms with Crippen LogP contribution < -0.4 is 4.74 Å². The third-order valence-electron chi connectivity index (χ3n) is 2.37. The van der Waals surface area contributed by atoms with Gasteiger partial charge in [-0.05, 0) is 31.7 Å². The Morgan fingerprint density at radius 1 is 1.47 bits per heavy atom. The fourth-order valence-corrected chi connectivity index (χ4v) is 1.58. The molecule has 0 bridgehead atoms. The van der Waals surface area contributed by atoms with Gasteiger partial charge in [0.2, 0.25) is 0 Å². The molecule has 17 heavy (non-hydrogen) atoms. The van der Waals surface area contributed by atoms with Gasteiger partial charge in [-0.2, -0.15) is 0 Å². The van der Waals surface area contributed by atoms with E-state index in [1.807, 2.05) is 43.1 Å². The maximum Gasteiger partial charge on any atom is 0.304 e. The quantitative estimate of drug-likeness (QED) is 0.788. The Kier molecular flexibility index (Phi) is 5.49. The molecule has 1 rings (SSSR count). The Bertz CT molecular complexity index is 365. The van der Waals surface area contributed by atoms with E-state index < -0.39 is 5.97 Å². The molecule has 0 aliphatic carbocycles. The van der Waals surface area contributed by atoms with Crippen LogP contribution in [0.5, 0.6) is 5.75 Å². The molecule has 0 spiro atoms. The molecule has 0 unspecified atom stereocenters. The molecule has 0 aliphatic heterocycles. The Morgan fingerprint density at radius 2 is 2.24 bits per heavy atom. The Balaban J connectivity index is 2.49. The van der Waals surface area contributed by atoms with Gasteiger partial charge in [0.25, 0.3) is 0 Å². The summed E-state index contributed by atoms with van der Waals surface area (Å²) in [7, 11) is 1.91. The Morgan fingerprint density at radius 3 is 2.88 bits per heavy atom. The molecule has 0 aromatic heterocycles. The van der Waals surface area contributed by atoms with E-state index in [4.69, 9.17) is 9.84 Å². The summed E-state index contributed by atoms with van der Waals surface area (Å²) >= 11 is 0. The summed E-state index contributed by atoms with van der Waals surface area (Å²) in [5.74, 6) is 0.0940. The molecule has 0 saturated heterocycles. The molecular weight excluding hydrogens is 218 g/mol. The van der Waals surface area contributed by atoms with Gasteiger partial charge in [-0.15, -0.1) is 0 Å². The van der Waals surface area contributed by atoms with Crippen molar-refractivity contribution < 1.29 is 14.6 Å². The van der Waals surface area contributed by atoms with E-state index in [0.717, 1.165) is 17.9 Å². The van der Waals surface area contributed by atoms with Crippen molar-refractivity contribution in [3.05, 3.63) is 29.8 Å². The number of aliphatic carboxylic acids is 1. The van der Waals surface area contributed by atoms with E-state index in [1.165, 1.54) is 0 Å². The molecule has 0 heterocycles. The highest BCUT2D eigenvalue weighted by Crippen LogP contribution is 2.14. The summed E-state index contributed by atoms with van der Waals surface area (Å²) in [6, 6.07) is 7.87. The molecule has 4 heteroatoms. The summed E-state index contributed by atoms with van der Waals surface area (Å²) in [6.45, 7) is 3.88. The highest BCUT2D eigenvalue weighted by atomic mass is 16.5. The van der Waals surface area contributed by atoms with Crippen molar-refractivity contribution in [1.29, 1.82) is 0 Å². The zero-order chi connectivity index (χ0) is 12.7. The predicted octanol–water partition coefficient (Wildman–Crippen LogP) is 1.99. The Hall–Kier alpha value is -1.55. The number of nitrogens with zero attached hydrogens (tertiary/aromatic N) is 1. The van der Waals surface area contributed by atoms with Crippen LogP contribution in [0.4, 0.5) is 0 Å². The monoisotopic (exact) mass is 237 g/mol. The van der Waals surface area contributed by atoms with E-state index in [0.29, 0.717) is 13.2 Å². The lowest BCUT2D eigenvalue weighted by molar-refractivity contribution is -0.137. The number of rotatable bonds is 7. The lowest BCUT2D eigenvalue weighted by Crippen LogP contribution is -2.21. The number of hydrogen-bond acceptors (Lipinski definition) is 3. The van der Waals surface area contributed by atoms with Crippen LogP contribution in [0.3, 0.4) is 0 Å². The number of carbonyl (C=O) groups is 1. The van der Waals surface area contributed by atoms with Crippen LogP contribution in [0.1, 0.15) is 18.9 Å². The molecule has 0 amide bonds. The lowest BCUT2D eigenvalue weighted by Gasteiger charge is -2.16. The number of carboxylic acids is 1. The van der Waals surface area contributed by atoms with Gasteiger partial charge in [-0.1, -0.05) is 12.1 Å². The molecule has 0 atom stereocenters. The number of carboxylic acid groups (broad SMARTS) is 1. The second-order valence-electron chi connectivity index (χ2n) is 3.96. The lowest BCUT2D eigenvalue weighted by atomic mass is 10.2. The fourth-order valence-electron chi connectivity index (χ4n) is 1.58. The second-order valence-corrected chi connectivity index (χ2v) is 3.96. The van der Waals surface area contributed by atoms with E-state index in [9.17, 15) is 4.79 Å². The fraction of sp³-hybridized carbons (Fsp3) is 0.462.